The molecule has 0 fully saturated rings. The zero-order chi connectivity index (χ0) is 9.84. The molecule has 2 nitrogen and oxygen atoms in total. The molecule has 2 aromatic heterocycles. The van der Waals surface area contributed by atoms with Crippen LogP contribution in [0.25, 0.3) is 11.1 Å². The molecule has 2 heterocycles. The highest BCUT2D eigenvalue weighted by molar-refractivity contribution is 5.78. The van der Waals surface area contributed by atoms with Gasteiger partial charge in [0.15, 0.2) is 0 Å². The molecule has 2 aromatic rings. The van der Waals surface area contributed by atoms with E-state index in [0.29, 0.717) is 0 Å². The lowest BCUT2D eigenvalue weighted by Crippen LogP contribution is -1.71. The van der Waals surface area contributed by atoms with Crippen LogP contribution in [0.15, 0.2) is 22.7 Å². The molecule has 0 atom stereocenters. The van der Waals surface area contributed by atoms with Crippen LogP contribution in [-0.4, -0.2) is 4.98 Å². The standard InChI is InChI=1S/C9H9NO.C2H6/c1-6-7(2)11-9-8(6)4-3-5-10-9;1-2/h3-5H,1-2H3;1-2H3. The molecule has 0 saturated carbocycles. The first-order valence-corrected chi connectivity index (χ1v) is 4.60. The minimum Gasteiger partial charge on any atom is -0.443 e. The SMILES string of the molecule is CC.Cc1oc2ncccc2c1C. The Labute approximate surface area is 78.6 Å². The maximum absolute atomic E-state index is 5.39. The molecule has 0 N–H and O–H groups in total. The zero-order valence-corrected chi connectivity index (χ0v) is 8.59. The summed E-state index contributed by atoms with van der Waals surface area (Å²) in [6, 6.07) is 3.94. The molecular weight excluding hydrogens is 162 g/mol. The monoisotopic (exact) mass is 177 g/mol. The highest BCUT2D eigenvalue weighted by Crippen LogP contribution is 2.21. The van der Waals surface area contributed by atoms with Gasteiger partial charge in [-0.05, 0) is 31.5 Å². The van der Waals surface area contributed by atoms with E-state index < -0.39 is 0 Å². The highest BCUT2D eigenvalue weighted by Gasteiger charge is 2.04. The summed E-state index contributed by atoms with van der Waals surface area (Å²) < 4.78 is 5.39. The molecule has 0 saturated heterocycles. The van der Waals surface area contributed by atoms with Gasteiger partial charge in [0.25, 0.3) is 0 Å². The molecule has 0 aliphatic rings. The Morgan fingerprint density at radius 2 is 1.92 bits per heavy atom. The van der Waals surface area contributed by atoms with Crippen LogP contribution in [0.3, 0.4) is 0 Å². The van der Waals surface area contributed by atoms with Gasteiger partial charge in [0.2, 0.25) is 5.71 Å². The van der Waals surface area contributed by atoms with Crippen molar-refractivity contribution in [3.63, 3.8) is 0 Å². The van der Waals surface area contributed by atoms with E-state index in [1.807, 2.05) is 39.8 Å². The van der Waals surface area contributed by atoms with Crippen LogP contribution in [0.1, 0.15) is 25.2 Å². The van der Waals surface area contributed by atoms with E-state index in [1.54, 1.807) is 6.20 Å². The molecule has 2 heteroatoms. The Balaban J connectivity index is 0.000000396. The number of hydrogen-bond donors (Lipinski definition) is 0. The van der Waals surface area contributed by atoms with Gasteiger partial charge in [-0.25, -0.2) is 4.98 Å². The van der Waals surface area contributed by atoms with Crippen molar-refractivity contribution in [1.29, 1.82) is 0 Å². The summed E-state index contributed by atoms with van der Waals surface area (Å²) in [6.45, 7) is 8.00. The molecule has 0 unspecified atom stereocenters. The summed E-state index contributed by atoms with van der Waals surface area (Å²) in [5, 5.41) is 1.12. The van der Waals surface area contributed by atoms with Crippen molar-refractivity contribution in [2.24, 2.45) is 0 Å². The third kappa shape index (κ3) is 1.72. The Kier molecular flexibility index (Phi) is 3.07. The first kappa shape index (κ1) is 9.78. The van der Waals surface area contributed by atoms with E-state index in [2.05, 4.69) is 4.98 Å². The van der Waals surface area contributed by atoms with Crippen LogP contribution in [0, 0.1) is 13.8 Å². The van der Waals surface area contributed by atoms with E-state index in [1.165, 1.54) is 5.56 Å². The number of nitrogens with zero attached hydrogens (tertiary/aromatic N) is 1. The van der Waals surface area contributed by atoms with Gasteiger partial charge in [0, 0.05) is 11.6 Å². The summed E-state index contributed by atoms with van der Waals surface area (Å²) in [7, 11) is 0. The number of aromatic nitrogens is 1. The first-order valence-electron chi connectivity index (χ1n) is 4.60. The van der Waals surface area contributed by atoms with Gasteiger partial charge in [-0.3, -0.25) is 0 Å². The predicted molar refractivity (Wildman–Crippen MR) is 54.8 cm³/mol. The fraction of sp³-hybridized carbons (Fsp3) is 0.364. The second kappa shape index (κ2) is 4.08. The third-order valence-corrected chi connectivity index (χ3v) is 1.95. The van der Waals surface area contributed by atoms with Crippen molar-refractivity contribution in [1.82, 2.24) is 4.98 Å². The number of fused-ring (bicyclic) bond motifs is 1. The molecule has 0 spiro atoms. The van der Waals surface area contributed by atoms with Crippen LogP contribution in [-0.2, 0) is 0 Å². The number of pyridine rings is 1. The predicted octanol–water partition coefficient (Wildman–Crippen LogP) is 3.47. The van der Waals surface area contributed by atoms with Gasteiger partial charge >= 0.3 is 0 Å². The van der Waals surface area contributed by atoms with Gasteiger partial charge < -0.3 is 4.42 Å². The lowest BCUT2D eigenvalue weighted by atomic mass is 10.2. The van der Waals surface area contributed by atoms with Crippen molar-refractivity contribution < 1.29 is 4.42 Å². The lowest BCUT2D eigenvalue weighted by Gasteiger charge is -1.84. The molecule has 0 bridgehead atoms. The van der Waals surface area contributed by atoms with E-state index in [9.17, 15) is 0 Å². The average Bonchev–Trinajstić information content (AvgIpc) is 2.47. The summed E-state index contributed by atoms with van der Waals surface area (Å²) in [4.78, 5) is 4.10. The van der Waals surface area contributed by atoms with Crippen molar-refractivity contribution in [2.75, 3.05) is 0 Å². The van der Waals surface area contributed by atoms with E-state index in [0.717, 1.165) is 16.9 Å². The van der Waals surface area contributed by atoms with Crippen LogP contribution >= 0.6 is 0 Å². The fourth-order valence-corrected chi connectivity index (χ4v) is 1.17. The Hall–Kier alpha value is -1.31. The maximum Gasteiger partial charge on any atom is 0.226 e. The number of hydrogen-bond acceptors (Lipinski definition) is 2. The van der Waals surface area contributed by atoms with Gasteiger partial charge in [-0.15, -0.1) is 0 Å². The molecule has 13 heavy (non-hydrogen) atoms. The maximum atomic E-state index is 5.39. The van der Waals surface area contributed by atoms with Gasteiger partial charge in [-0.2, -0.15) is 0 Å². The van der Waals surface area contributed by atoms with E-state index >= 15 is 0 Å². The van der Waals surface area contributed by atoms with Crippen molar-refractivity contribution in [2.45, 2.75) is 27.7 Å². The summed E-state index contributed by atoms with van der Waals surface area (Å²) in [5.41, 5.74) is 1.93. The first-order chi connectivity index (χ1) is 6.29. The summed E-state index contributed by atoms with van der Waals surface area (Å²) in [5.74, 6) is 0.957. The van der Waals surface area contributed by atoms with Crippen LogP contribution in [0.4, 0.5) is 0 Å². The minimum atomic E-state index is 0.738. The minimum absolute atomic E-state index is 0.738. The van der Waals surface area contributed by atoms with Crippen molar-refractivity contribution in [3.05, 3.63) is 29.7 Å². The largest absolute Gasteiger partial charge is 0.443 e. The van der Waals surface area contributed by atoms with Gasteiger partial charge in [-0.1, -0.05) is 13.8 Å². The number of rotatable bonds is 0. The molecular formula is C11H15NO. The molecule has 70 valence electrons. The second-order valence-corrected chi connectivity index (χ2v) is 2.64. The molecule has 0 aliphatic heterocycles. The normalized spacial score (nSPS) is 9.54. The molecule has 0 aliphatic carbocycles. The second-order valence-electron chi connectivity index (χ2n) is 2.64. The topological polar surface area (TPSA) is 26.0 Å². The van der Waals surface area contributed by atoms with E-state index in [4.69, 9.17) is 4.42 Å². The molecule has 0 amide bonds. The van der Waals surface area contributed by atoms with Gasteiger partial charge in [0.1, 0.15) is 5.76 Å². The zero-order valence-electron chi connectivity index (χ0n) is 8.59. The smallest absolute Gasteiger partial charge is 0.226 e. The number of aryl methyl sites for hydroxylation is 2. The summed E-state index contributed by atoms with van der Waals surface area (Å²) in [6.07, 6.45) is 1.74. The van der Waals surface area contributed by atoms with Gasteiger partial charge in [0.05, 0.1) is 0 Å². The Morgan fingerprint density at radius 1 is 1.23 bits per heavy atom. The van der Waals surface area contributed by atoms with Crippen LogP contribution in [0.5, 0.6) is 0 Å². The fourth-order valence-electron chi connectivity index (χ4n) is 1.17. The van der Waals surface area contributed by atoms with Crippen molar-refractivity contribution >= 4 is 11.1 Å². The molecule has 2 rings (SSSR count). The molecule has 0 radical (unpaired) electrons. The quantitative estimate of drug-likeness (QED) is 0.615. The molecule has 0 aromatic carbocycles. The highest BCUT2D eigenvalue weighted by atomic mass is 16.3. The Morgan fingerprint density at radius 3 is 2.54 bits per heavy atom. The number of furan rings is 1. The lowest BCUT2D eigenvalue weighted by molar-refractivity contribution is 0.564. The average molecular weight is 177 g/mol. The summed E-state index contributed by atoms with van der Waals surface area (Å²) >= 11 is 0. The van der Waals surface area contributed by atoms with E-state index in [-0.39, 0.29) is 0 Å². The van der Waals surface area contributed by atoms with Crippen LogP contribution in [0.2, 0.25) is 0 Å². The Bertz CT molecular complexity index is 390. The van der Waals surface area contributed by atoms with Crippen molar-refractivity contribution in [3.8, 4) is 0 Å². The third-order valence-electron chi connectivity index (χ3n) is 1.95. The van der Waals surface area contributed by atoms with Crippen LogP contribution < -0.4 is 0 Å².